The number of ether oxygens (including phenoxy) is 2. The summed E-state index contributed by atoms with van der Waals surface area (Å²) in [4.78, 5) is 42.0. The minimum absolute atomic E-state index is 0.00487. The summed E-state index contributed by atoms with van der Waals surface area (Å²) in [6, 6.07) is 13.6. The van der Waals surface area contributed by atoms with Crippen LogP contribution in [-0.4, -0.2) is 76.0 Å². The lowest BCUT2D eigenvalue weighted by molar-refractivity contribution is 0.0575. The summed E-state index contributed by atoms with van der Waals surface area (Å²) in [6.45, 7) is 6.29. The molecule has 6 rings (SSSR count). The quantitative estimate of drug-likeness (QED) is 0.437. The maximum Gasteiger partial charge on any atom is 0.325 e. The predicted molar refractivity (Wildman–Crippen MR) is 155 cm³/mol. The van der Waals surface area contributed by atoms with Gasteiger partial charge < -0.3 is 19.3 Å². The Morgan fingerprint density at radius 3 is 2.39 bits per heavy atom. The van der Waals surface area contributed by atoms with Crippen molar-refractivity contribution in [2.75, 3.05) is 33.9 Å². The number of hydrogen-bond acceptors (Lipinski definition) is 6. The highest BCUT2D eigenvalue weighted by Gasteiger charge is 2.55. The van der Waals surface area contributed by atoms with Gasteiger partial charge >= 0.3 is 6.03 Å². The molecule has 0 bridgehead atoms. The average Bonchev–Trinajstić information content (AvgIpc) is 3.11. The zero-order chi connectivity index (χ0) is 28.7. The summed E-state index contributed by atoms with van der Waals surface area (Å²) >= 11 is 0. The van der Waals surface area contributed by atoms with Crippen LogP contribution >= 0.6 is 0 Å². The highest BCUT2D eigenvalue weighted by atomic mass is 16.5. The van der Waals surface area contributed by atoms with E-state index in [1.807, 2.05) is 64.1 Å². The van der Waals surface area contributed by atoms with Gasteiger partial charge in [0.1, 0.15) is 11.5 Å². The number of carbonyl (C=O) groups excluding carboxylic acids is 2. The van der Waals surface area contributed by atoms with Crippen LogP contribution in [0.15, 0.2) is 66.6 Å². The number of hydrogen-bond donors (Lipinski definition) is 0. The Morgan fingerprint density at radius 1 is 1.05 bits per heavy atom. The maximum absolute atomic E-state index is 13.9. The smallest absolute Gasteiger partial charge is 0.325 e. The number of methoxy groups -OCH3 is 2. The van der Waals surface area contributed by atoms with Crippen LogP contribution in [-0.2, 0) is 6.54 Å². The van der Waals surface area contributed by atoms with Crippen LogP contribution in [0.5, 0.6) is 11.5 Å². The molecule has 1 aromatic heterocycles. The molecule has 4 heterocycles. The molecule has 212 valence electrons. The molecule has 2 aromatic carbocycles. The molecule has 0 aliphatic carbocycles. The van der Waals surface area contributed by atoms with Crippen LogP contribution in [0.4, 0.5) is 4.79 Å². The largest absolute Gasteiger partial charge is 0.497 e. The van der Waals surface area contributed by atoms with Gasteiger partial charge in [0.2, 0.25) is 0 Å². The number of fused-ring (bicyclic) bond motifs is 3. The van der Waals surface area contributed by atoms with Gasteiger partial charge in [-0.05, 0) is 31.4 Å². The van der Waals surface area contributed by atoms with Gasteiger partial charge in [-0.25, -0.2) is 14.8 Å². The second-order valence-corrected chi connectivity index (χ2v) is 10.8. The molecule has 0 radical (unpaired) electrons. The van der Waals surface area contributed by atoms with Gasteiger partial charge in [-0.2, -0.15) is 0 Å². The highest BCUT2D eigenvalue weighted by molar-refractivity contribution is 5.94. The number of piperidine rings is 1. The molecule has 0 saturated carbocycles. The number of nitrogens with zero attached hydrogens (tertiary/aromatic N) is 5. The van der Waals surface area contributed by atoms with E-state index in [9.17, 15) is 9.59 Å². The van der Waals surface area contributed by atoms with Gasteiger partial charge in [0, 0.05) is 60.8 Å². The summed E-state index contributed by atoms with van der Waals surface area (Å²) in [5.41, 5.74) is 4.03. The third kappa shape index (κ3) is 4.40. The fourth-order valence-electron chi connectivity index (χ4n) is 6.70. The first-order valence-corrected chi connectivity index (χ1v) is 14.1. The Balaban J connectivity index is 1.26. The van der Waals surface area contributed by atoms with Gasteiger partial charge in [-0.3, -0.25) is 9.69 Å². The summed E-state index contributed by atoms with van der Waals surface area (Å²) in [6.07, 6.45) is 6.76. The number of amides is 3. The topological polar surface area (TPSA) is 88.1 Å². The minimum Gasteiger partial charge on any atom is -0.497 e. The van der Waals surface area contributed by atoms with Crippen LogP contribution in [0.3, 0.4) is 0 Å². The summed E-state index contributed by atoms with van der Waals surface area (Å²) in [5.74, 6) is 2.01. The number of allylic oxidation sites excluding steroid dienone is 1. The van der Waals surface area contributed by atoms with E-state index in [-0.39, 0.29) is 17.9 Å². The molecule has 0 N–H and O–H groups in total. The molecule has 3 aromatic rings. The van der Waals surface area contributed by atoms with Crippen molar-refractivity contribution in [1.29, 1.82) is 0 Å². The molecule has 2 fully saturated rings. The number of urea groups is 1. The highest BCUT2D eigenvalue weighted by Crippen LogP contribution is 2.49. The van der Waals surface area contributed by atoms with Crippen molar-refractivity contribution in [2.24, 2.45) is 0 Å². The number of aromatic nitrogens is 2. The summed E-state index contributed by atoms with van der Waals surface area (Å²) in [7, 11) is 3.30. The minimum atomic E-state index is -0.468. The maximum atomic E-state index is 13.9. The molecule has 9 nitrogen and oxygen atoms in total. The standard InChI is InChI=1S/C32H35N5O4/c1-5-37-31(39)36-20-23-16-25(40-3)17-26(41-4)28(23)21(2)15-27(36)32(37)11-13-35(14-12-32)30(38)24-18-33-29(34-19-24)22-9-7-6-8-10-22/h6-10,15-19,21H,5,11-14,20H2,1-4H3. The van der Waals surface area contributed by atoms with Crippen molar-refractivity contribution in [3.63, 3.8) is 0 Å². The van der Waals surface area contributed by atoms with Crippen LogP contribution in [0.25, 0.3) is 11.4 Å². The Morgan fingerprint density at radius 2 is 1.76 bits per heavy atom. The molecule has 3 amide bonds. The number of benzene rings is 2. The van der Waals surface area contributed by atoms with Crippen LogP contribution in [0, 0.1) is 0 Å². The summed E-state index contributed by atoms with van der Waals surface area (Å²) in [5, 5.41) is 0. The predicted octanol–water partition coefficient (Wildman–Crippen LogP) is 5.09. The van der Waals surface area contributed by atoms with Crippen LogP contribution in [0.1, 0.15) is 54.1 Å². The third-order valence-electron chi connectivity index (χ3n) is 8.72. The van der Waals surface area contributed by atoms with E-state index in [1.54, 1.807) is 26.6 Å². The van der Waals surface area contributed by atoms with Crippen molar-refractivity contribution in [3.05, 3.63) is 83.3 Å². The lowest BCUT2D eigenvalue weighted by Gasteiger charge is -2.44. The summed E-state index contributed by atoms with van der Waals surface area (Å²) < 4.78 is 11.3. The second-order valence-electron chi connectivity index (χ2n) is 10.8. The molecule has 41 heavy (non-hydrogen) atoms. The van der Waals surface area contributed by atoms with E-state index in [4.69, 9.17) is 9.47 Å². The zero-order valence-corrected chi connectivity index (χ0v) is 24.0. The monoisotopic (exact) mass is 553 g/mol. The van der Waals surface area contributed by atoms with Gasteiger partial charge in [0.25, 0.3) is 5.91 Å². The van der Waals surface area contributed by atoms with Gasteiger partial charge in [-0.1, -0.05) is 43.3 Å². The van der Waals surface area contributed by atoms with Crippen molar-refractivity contribution in [2.45, 2.75) is 44.7 Å². The lowest BCUT2D eigenvalue weighted by Crippen LogP contribution is -2.54. The molecule has 2 saturated heterocycles. The van der Waals surface area contributed by atoms with E-state index in [0.717, 1.165) is 28.1 Å². The van der Waals surface area contributed by atoms with Crippen molar-refractivity contribution >= 4 is 11.9 Å². The van der Waals surface area contributed by atoms with E-state index < -0.39 is 5.54 Å². The molecule has 9 heteroatoms. The van der Waals surface area contributed by atoms with Gasteiger partial charge in [-0.15, -0.1) is 0 Å². The molecule has 1 atom stereocenters. The average molecular weight is 554 g/mol. The molecular formula is C32H35N5O4. The Kier molecular flexibility index (Phi) is 6.89. The van der Waals surface area contributed by atoms with Crippen molar-refractivity contribution < 1.29 is 19.1 Å². The molecule has 3 aliphatic heterocycles. The van der Waals surface area contributed by atoms with E-state index >= 15 is 0 Å². The third-order valence-corrected chi connectivity index (χ3v) is 8.72. The Labute approximate surface area is 240 Å². The van der Waals surface area contributed by atoms with E-state index in [0.29, 0.717) is 56.2 Å². The Bertz CT molecular complexity index is 1500. The van der Waals surface area contributed by atoms with Gasteiger partial charge in [0.05, 0.1) is 31.9 Å². The fourth-order valence-corrected chi connectivity index (χ4v) is 6.70. The molecule has 1 unspecified atom stereocenters. The zero-order valence-electron chi connectivity index (χ0n) is 24.0. The second kappa shape index (κ2) is 10.5. The first-order valence-electron chi connectivity index (χ1n) is 14.1. The molecule has 1 spiro atoms. The molecular weight excluding hydrogens is 518 g/mol. The lowest BCUT2D eigenvalue weighted by atomic mass is 9.82. The number of carbonyl (C=O) groups is 2. The van der Waals surface area contributed by atoms with Crippen molar-refractivity contribution in [3.8, 4) is 22.9 Å². The molecule has 3 aliphatic rings. The van der Waals surface area contributed by atoms with Crippen molar-refractivity contribution in [1.82, 2.24) is 24.7 Å². The van der Waals surface area contributed by atoms with Crippen LogP contribution in [0.2, 0.25) is 0 Å². The normalized spacial score (nSPS) is 19.4. The fraction of sp³-hybridized carbons (Fsp3) is 0.375. The van der Waals surface area contributed by atoms with Gasteiger partial charge in [0.15, 0.2) is 5.82 Å². The first-order chi connectivity index (χ1) is 19.9. The first kappa shape index (κ1) is 26.8. The number of rotatable bonds is 5. The number of likely N-dealkylation sites (tertiary alicyclic amines) is 1. The Hall–Kier alpha value is -4.40. The number of likely N-dealkylation sites (N-methyl/N-ethyl adjacent to an activating group) is 1. The van der Waals surface area contributed by atoms with E-state index in [1.165, 1.54) is 0 Å². The van der Waals surface area contributed by atoms with Crippen LogP contribution < -0.4 is 9.47 Å². The SMILES string of the molecule is CCN1C(=O)N2Cc3cc(OC)cc(OC)c3C(C)C=C2C12CCN(C(=O)c1cnc(-c3ccccc3)nc1)CC2. The van der Waals surface area contributed by atoms with E-state index in [2.05, 4.69) is 23.0 Å².